The molecule has 2 aliphatic carbocycles. The second-order valence-corrected chi connectivity index (χ2v) is 6.53. The van der Waals surface area contributed by atoms with Crippen molar-refractivity contribution in [2.75, 3.05) is 12.3 Å². The first kappa shape index (κ1) is 14.1. The third-order valence-corrected chi connectivity index (χ3v) is 5.08. The molecule has 116 valence electrons. The number of azide groups is 1. The van der Waals surface area contributed by atoms with Crippen LogP contribution < -0.4 is 5.73 Å². The van der Waals surface area contributed by atoms with Crippen LogP contribution in [0.4, 0.5) is 5.69 Å². The van der Waals surface area contributed by atoms with Gasteiger partial charge in [0.05, 0.1) is 5.52 Å². The molecule has 2 atom stereocenters. The summed E-state index contributed by atoms with van der Waals surface area (Å²) < 4.78 is 0. The van der Waals surface area contributed by atoms with E-state index in [9.17, 15) is 0 Å². The van der Waals surface area contributed by atoms with E-state index >= 15 is 0 Å². The Hall–Kier alpha value is -2.52. The van der Waals surface area contributed by atoms with Crippen LogP contribution in [0.25, 0.3) is 21.3 Å². The van der Waals surface area contributed by atoms with Crippen LogP contribution >= 0.6 is 0 Å². The fourth-order valence-corrected chi connectivity index (χ4v) is 4.19. The van der Waals surface area contributed by atoms with Crippen LogP contribution in [0.15, 0.2) is 41.0 Å². The minimum Gasteiger partial charge on any atom is -0.398 e. The third-order valence-electron chi connectivity index (χ3n) is 5.08. The highest BCUT2D eigenvalue weighted by Crippen LogP contribution is 2.46. The van der Waals surface area contributed by atoms with Gasteiger partial charge in [0.15, 0.2) is 0 Å². The number of aromatic nitrogens is 1. The average Bonchev–Trinajstić information content (AvgIpc) is 2.55. The van der Waals surface area contributed by atoms with Gasteiger partial charge >= 0.3 is 0 Å². The molecule has 2 unspecified atom stereocenters. The van der Waals surface area contributed by atoms with Gasteiger partial charge in [-0.05, 0) is 49.1 Å². The summed E-state index contributed by atoms with van der Waals surface area (Å²) >= 11 is 0. The molecule has 0 spiro atoms. The zero-order valence-electron chi connectivity index (χ0n) is 12.9. The Balaban J connectivity index is 1.73. The largest absolute Gasteiger partial charge is 0.398 e. The minimum atomic E-state index is 0.451. The Labute approximate surface area is 134 Å². The van der Waals surface area contributed by atoms with E-state index in [1.165, 1.54) is 16.8 Å². The summed E-state index contributed by atoms with van der Waals surface area (Å²) in [4.78, 5) is 7.73. The quantitative estimate of drug-likeness (QED) is 0.392. The maximum Gasteiger partial charge on any atom is 0.0726 e. The van der Waals surface area contributed by atoms with Crippen LogP contribution in [-0.4, -0.2) is 11.5 Å². The number of pyridine rings is 1. The molecule has 5 heteroatoms. The smallest absolute Gasteiger partial charge is 0.0726 e. The molecule has 4 rings (SSSR count). The van der Waals surface area contributed by atoms with Gasteiger partial charge in [-0.15, -0.1) is 0 Å². The van der Waals surface area contributed by atoms with Crippen molar-refractivity contribution in [3.05, 3.63) is 57.6 Å². The maximum atomic E-state index is 8.44. The summed E-state index contributed by atoms with van der Waals surface area (Å²) in [6, 6.07) is 8.13. The molecule has 0 amide bonds. The first-order chi connectivity index (χ1) is 11.3. The van der Waals surface area contributed by atoms with E-state index in [0.717, 1.165) is 42.3 Å². The van der Waals surface area contributed by atoms with Crippen molar-refractivity contribution >= 4 is 16.6 Å². The number of hydrogen-bond donors (Lipinski definition) is 1. The molecular formula is C18H19N5. The summed E-state index contributed by atoms with van der Waals surface area (Å²) in [5.74, 6) is 0.988. The first-order valence-electron chi connectivity index (χ1n) is 8.13. The van der Waals surface area contributed by atoms with Crippen LogP contribution in [-0.2, 0) is 6.42 Å². The average molecular weight is 305 g/mol. The van der Waals surface area contributed by atoms with E-state index in [1.807, 2.05) is 18.2 Å². The molecule has 2 N–H and O–H groups in total. The van der Waals surface area contributed by atoms with Crippen LogP contribution in [0, 0.1) is 5.92 Å². The Morgan fingerprint density at radius 3 is 3.04 bits per heavy atom. The van der Waals surface area contributed by atoms with E-state index in [0.29, 0.717) is 18.4 Å². The zero-order valence-corrected chi connectivity index (χ0v) is 12.9. The Morgan fingerprint density at radius 2 is 2.17 bits per heavy atom. The summed E-state index contributed by atoms with van der Waals surface area (Å²) in [5.41, 5.74) is 20.7. The van der Waals surface area contributed by atoms with Crippen LogP contribution in [0.1, 0.15) is 36.4 Å². The summed E-state index contributed by atoms with van der Waals surface area (Å²) in [6.45, 7) is 0.542. The number of nitrogens with zero attached hydrogens (tertiary/aromatic N) is 4. The number of nitrogens with two attached hydrogens (primary N) is 1. The molecule has 0 radical (unpaired) electrons. The lowest BCUT2D eigenvalue weighted by atomic mass is 9.70. The van der Waals surface area contributed by atoms with Gasteiger partial charge < -0.3 is 5.73 Å². The molecule has 0 saturated heterocycles. The second-order valence-electron chi connectivity index (χ2n) is 6.53. The van der Waals surface area contributed by atoms with Crippen molar-refractivity contribution in [1.29, 1.82) is 0 Å². The fraction of sp³-hybridized carbons (Fsp3) is 0.389. The molecule has 1 heterocycles. The highest BCUT2D eigenvalue weighted by atomic mass is 15.1. The van der Waals surface area contributed by atoms with Gasteiger partial charge in [0.2, 0.25) is 0 Å². The number of anilines is 1. The van der Waals surface area contributed by atoms with Gasteiger partial charge in [0, 0.05) is 33.8 Å². The number of para-hydroxylation sites is 1. The molecule has 2 aliphatic rings. The molecule has 5 nitrogen and oxygen atoms in total. The monoisotopic (exact) mass is 305 g/mol. The maximum absolute atomic E-state index is 8.44. The highest BCUT2D eigenvalue weighted by Gasteiger charge is 2.33. The summed E-state index contributed by atoms with van der Waals surface area (Å²) in [7, 11) is 0. The SMILES string of the molecule is [N-]=[N+]=NCCC1=CC2Cc3nc4ccccc4c(N)c3C(C1)C2. The van der Waals surface area contributed by atoms with Crippen molar-refractivity contribution in [1.82, 2.24) is 4.98 Å². The van der Waals surface area contributed by atoms with Crippen LogP contribution in [0.3, 0.4) is 0 Å². The van der Waals surface area contributed by atoms with Gasteiger partial charge in [-0.2, -0.15) is 0 Å². The van der Waals surface area contributed by atoms with Gasteiger partial charge in [0.1, 0.15) is 0 Å². The normalized spacial score (nSPS) is 22.2. The van der Waals surface area contributed by atoms with E-state index in [-0.39, 0.29) is 0 Å². The van der Waals surface area contributed by atoms with E-state index < -0.39 is 0 Å². The molecule has 0 aliphatic heterocycles. The highest BCUT2D eigenvalue weighted by molar-refractivity contribution is 5.92. The predicted molar refractivity (Wildman–Crippen MR) is 92.0 cm³/mol. The van der Waals surface area contributed by atoms with Gasteiger partial charge in [0.25, 0.3) is 0 Å². The van der Waals surface area contributed by atoms with Gasteiger partial charge in [-0.1, -0.05) is 35.0 Å². The summed E-state index contributed by atoms with van der Waals surface area (Å²) in [6.07, 6.45) is 6.36. The number of allylic oxidation sites excluding steroid dienone is 1. The van der Waals surface area contributed by atoms with Crippen molar-refractivity contribution in [2.45, 2.75) is 31.6 Å². The van der Waals surface area contributed by atoms with E-state index in [2.05, 4.69) is 22.2 Å². The van der Waals surface area contributed by atoms with E-state index in [4.69, 9.17) is 16.2 Å². The first-order valence-corrected chi connectivity index (χ1v) is 8.13. The number of benzene rings is 1. The number of rotatable bonds is 3. The molecular weight excluding hydrogens is 286 g/mol. The number of nitrogen functional groups attached to an aromatic ring is 1. The molecule has 1 aromatic carbocycles. The van der Waals surface area contributed by atoms with Crippen molar-refractivity contribution in [3.63, 3.8) is 0 Å². The lowest BCUT2D eigenvalue weighted by Crippen LogP contribution is -2.24. The minimum absolute atomic E-state index is 0.451. The third kappa shape index (κ3) is 2.43. The topological polar surface area (TPSA) is 87.7 Å². The Morgan fingerprint density at radius 1 is 1.30 bits per heavy atom. The number of fused-ring (bicyclic) bond motifs is 5. The van der Waals surface area contributed by atoms with Crippen LogP contribution in [0.2, 0.25) is 0 Å². The van der Waals surface area contributed by atoms with Crippen molar-refractivity contribution < 1.29 is 0 Å². The molecule has 1 aromatic heterocycles. The zero-order chi connectivity index (χ0) is 15.8. The van der Waals surface area contributed by atoms with E-state index in [1.54, 1.807) is 0 Å². The summed E-state index contributed by atoms with van der Waals surface area (Å²) in [5, 5.41) is 4.73. The van der Waals surface area contributed by atoms with Gasteiger partial charge in [-0.3, -0.25) is 4.98 Å². The van der Waals surface area contributed by atoms with Crippen molar-refractivity contribution in [2.24, 2.45) is 11.0 Å². The molecule has 2 aromatic rings. The predicted octanol–water partition coefficient (Wildman–Crippen LogP) is 4.49. The fourth-order valence-electron chi connectivity index (χ4n) is 4.19. The Kier molecular flexibility index (Phi) is 3.43. The Bertz CT molecular complexity index is 848. The molecule has 23 heavy (non-hydrogen) atoms. The lowest BCUT2D eigenvalue weighted by Gasteiger charge is -2.36. The molecule has 2 bridgehead atoms. The molecule has 0 fully saturated rings. The lowest BCUT2D eigenvalue weighted by molar-refractivity contribution is 0.428. The van der Waals surface area contributed by atoms with Gasteiger partial charge in [-0.25, -0.2) is 0 Å². The van der Waals surface area contributed by atoms with Crippen LogP contribution in [0.5, 0.6) is 0 Å². The standard InChI is InChI=1S/C18H19N5/c19-18-14-3-1-2-4-15(14)22-16-10-12-7-11(5-6-21-23-20)8-13(9-12)17(16)18/h1-4,7,12-13H,5-6,8-10H2,(H2,19,22). The van der Waals surface area contributed by atoms with Crippen molar-refractivity contribution in [3.8, 4) is 0 Å². The number of hydrogen-bond acceptors (Lipinski definition) is 3. The second kappa shape index (κ2) is 5.60. The molecule has 0 saturated carbocycles.